The molecular formula is C14H18N4OS. The Hall–Kier alpha value is -1.82. The topological polar surface area (TPSA) is 50.5 Å². The quantitative estimate of drug-likeness (QED) is 0.605. The van der Waals surface area contributed by atoms with Crippen LogP contribution in [0.25, 0.3) is 5.65 Å². The highest BCUT2D eigenvalue weighted by Gasteiger charge is 2.14. The predicted octanol–water partition coefficient (Wildman–Crippen LogP) is 2.25. The summed E-state index contributed by atoms with van der Waals surface area (Å²) in [6.07, 6.45) is 1.90. The summed E-state index contributed by atoms with van der Waals surface area (Å²) < 4.78 is 1.88. The van der Waals surface area contributed by atoms with Gasteiger partial charge >= 0.3 is 0 Å². The molecule has 0 spiro atoms. The summed E-state index contributed by atoms with van der Waals surface area (Å²) in [5, 5.41) is 8.90. The van der Waals surface area contributed by atoms with E-state index in [0.717, 1.165) is 16.4 Å². The van der Waals surface area contributed by atoms with Gasteiger partial charge in [-0.2, -0.15) is 0 Å². The number of aromatic nitrogens is 3. The summed E-state index contributed by atoms with van der Waals surface area (Å²) in [6, 6.07) is 5.72. The van der Waals surface area contributed by atoms with Crippen LogP contribution in [0.2, 0.25) is 0 Å². The molecule has 0 fully saturated rings. The monoisotopic (exact) mass is 290 g/mol. The molecule has 5 nitrogen and oxygen atoms in total. The van der Waals surface area contributed by atoms with E-state index in [1.54, 1.807) is 4.90 Å². The molecule has 6 heteroatoms. The Kier molecular flexibility index (Phi) is 4.79. The molecule has 2 aromatic heterocycles. The summed E-state index contributed by atoms with van der Waals surface area (Å²) >= 11 is 1.40. The van der Waals surface area contributed by atoms with Crippen LogP contribution in [0.5, 0.6) is 0 Å². The van der Waals surface area contributed by atoms with Crippen molar-refractivity contribution >= 4 is 23.3 Å². The minimum atomic E-state index is 0.0909. The Morgan fingerprint density at radius 1 is 1.45 bits per heavy atom. The number of carbonyl (C=O) groups excluding carboxylic acids is 1. The molecule has 2 heterocycles. The van der Waals surface area contributed by atoms with Crippen molar-refractivity contribution in [2.75, 3.05) is 18.8 Å². The number of hydrogen-bond donors (Lipinski definition) is 0. The zero-order valence-electron chi connectivity index (χ0n) is 11.7. The van der Waals surface area contributed by atoms with Crippen LogP contribution in [0.1, 0.15) is 13.8 Å². The maximum Gasteiger partial charge on any atom is 0.233 e. The predicted molar refractivity (Wildman–Crippen MR) is 80.8 cm³/mol. The number of rotatable bonds is 6. The first-order chi connectivity index (χ1) is 9.61. The van der Waals surface area contributed by atoms with Crippen molar-refractivity contribution < 1.29 is 4.79 Å². The van der Waals surface area contributed by atoms with Crippen LogP contribution in [-0.2, 0) is 4.79 Å². The molecule has 0 aliphatic heterocycles. The minimum Gasteiger partial charge on any atom is -0.338 e. The van der Waals surface area contributed by atoms with E-state index in [1.165, 1.54) is 11.8 Å². The molecule has 0 aromatic carbocycles. The number of amides is 1. The molecule has 0 bridgehead atoms. The fourth-order valence-electron chi connectivity index (χ4n) is 1.84. The van der Waals surface area contributed by atoms with E-state index in [9.17, 15) is 4.79 Å². The van der Waals surface area contributed by atoms with Crippen LogP contribution in [0.15, 0.2) is 41.7 Å². The molecule has 0 saturated carbocycles. The Labute approximate surface area is 122 Å². The zero-order valence-corrected chi connectivity index (χ0v) is 12.6. The van der Waals surface area contributed by atoms with E-state index in [0.29, 0.717) is 18.8 Å². The van der Waals surface area contributed by atoms with Gasteiger partial charge in [0.15, 0.2) is 10.8 Å². The fourth-order valence-corrected chi connectivity index (χ4v) is 2.66. The lowest BCUT2D eigenvalue weighted by molar-refractivity contribution is -0.127. The van der Waals surface area contributed by atoms with Crippen LogP contribution < -0.4 is 0 Å². The van der Waals surface area contributed by atoms with Crippen LogP contribution in [0, 0.1) is 0 Å². The smallest absolute Gasteiger partial charge is 0.233 e. The molecule has 2 rings (SSSR count). The normalized spacial score (nSPS) is 10.7. The van der Waals surface area contributed by atoms with Gasteiger partial charge in [-0.05, 0) is 26.0 Å². The maximum absolute atomic E-state index is 12.1. The van der Waals surface area contributed by atoms with E-state index < -0.39 is 0 Å². The first-order valence-electron chi connectivity index (χ1n) is 6.46. The molecule has 0 radical (unpaired) electrons. The molecule has 20 heavy (non-hydrogen) atoms. The van der Waals surface area contributed by atoms with Gasteiger partial charge in [-0.25, -0.2) is 0 Å². The summed E-state index contributed by atoms with van der Waals surface area (Å²) in [5.41, 5.74) is 1.77. The Morgan fingerprint density at radius 2 is 2.25 bits per heavy atom. The average Bonchev–Trinajstić information content (AvgIpc) is 2.85. The van der Waals surface area contributed by atoms with Gasteiger partial charge in [-0.3, -0.25) is 9.20 Å². The number of hydrogen-bond acceptors (Lipinski definition) is 4. The molecule has 0 aliphatic carbocycles. The number of nitrogens with zero attached hydrogens (tertiary/aromatic N) is 4. The van der Waals surface area contributed by atoms with E-state index in [1.807, 2.05) is 42.6 Å². The van der Waals surface area contributed by atoms with Gasteiger partial charge in [-0.1, -0.05) is 30.0 Å². The van der Waals surface area contributed by atoms with Crippen LogP contribution in [0.4, 0.5) is 0 Å². The minimum absolute atomic E-state index is 0.0909. The molecule has 0 unspecified atom stereocenters. The number of likely N-dealkylation sites (N-methyl/N-ethyl adjacent to an activating group) is 1. The average molecular weight is 290 g/mol. The summed E-state index contributed by atoms with van der Waals surface area (Å²) in [7, 11) is 0. The largest absolute Gasteiger partial charge is 0.338 e. The highest BCUT2D eigenvalue weighted by atomic mass is 32.2. The van der Waals surface area contributed by atoms with Gasteiger partial charge in [0, 0.05) is 19.3 Å². The van der Waals surface area contributed by atoms with E-state index in [2.05, 4.69) is 16.8 Å². The van der Waals surface area contributed by atoms with Crippen molar-refractivity contribution in [1.82, 2.24) is 19.5 Å². The third-order valence-electron chi connectivity index (χ3n) is 2.80. The van der Waals surface area contributed by atoms with Crippen molar-refractivity contribution in [2.24, 2.45) is 0 Å². The summed E-state index contributed by atoms with van der Waals surface area (Å²) in [4.78, 5) is 13.9. The lowest BCUT2D eigenvalue weighted by atomic mass is 10.3. The Balaban J connectivity index is 2.01. The van der Waals surface area contributed by atoms with Gasteiger partial charge in [0.1, 0.15) is 0 Å². The lowest BCUT2D eigenvalue weighted by Gasteiger charge is -2.20. The van der Waals surface area contributed by atoms with Gasteiger partial charge < -0.3 is 4.90 Å². The SMILES string of the molecule is C=C(C)CN(CC)C(=O)CSc1nnc2ccccn12. The van der Waals surface area contributed by atoms with Crippen LogP contribution in [-0.4, -0.2) is 44.2 Å². The molecule has 0 N–H and O–H groups in total. The van der Waals surface area contributed by atoms with Crippen molar-refractivity contribution in [3.63, 3.8) is 0 Å². The van der Waals surface area contributed by atoms with Gasteiger partial charge in [0.05, 0.1) is 5.75 Å². The number of pyridine rings is 1. The second kappa shape index (κ2) is 6.56. The molecule has 2 aromatic rings. The van der Waals surface area contributed by atoms with Gasteiger partial charge in [-0.15, -0.1) is 10.2 Å². The first-order valence-corrected chi connectivity index (χ1v) is 7.45. The third kappa shape index (κ3) is 3.39. The molecule has 0 atom stereocenters. The van der Waals surface area contributed by atoms with E-state index >= 15 is 0 Å². The second-order valence-electron chi connectivity index (χ2n) is 4.57. The van der Waals surface area contributed by atoms with E-state index in [4.69, 9.17) is 0 Å². The summed E-state index contributed by atoms with van der Waals surface area (Å²) in [5.74, 6) is 0.449. The highest BCUT2D eigenvalue weighted by Crippen LogP contribution is 2.17. The molecule has 106 valence electrons. The van der Waals surface area contributed by atoms with Crippen LogP contribution in [0.3, 0.4) is 0 Å². The van der Waals surface area contributed by atoms with Crippen molar-refractivity contribution in [3.05, 3.63) is 36.5 Å². The lowest BCUT2D eigenvalue weighted by Crippen LogP contribution is -2.33. The maximum atomic E-state index is 12.1. The Morgan fingerprint density at radius 3 is 2.95 bits per heavy atom. The van der Waals surface area contributed by atoms with Crippen molar-refractivity contribution in [1.29, 1.82) is 0 Å². The zero-order chi connectivity index (χ0) is 14.5. The molecular weight excluding hydrogens is 272 g/mol. The van der Waals surface area contributed by atoms with E-state index in [-0.39, 0.29) is 5.91 Å². The van der Waals surface area contributed by atoms with Gasteiger partial charge in [0.2, 0.25) is 5.91 Å². The number of thioether (sulfide) groups is 1. The molecule has 0 aliphatic rings. The standard InChI is InChI=1S/C14H18N4OS/c1-4-17(9-11(2)3)13(19)10-20-14-16-15-12-7-5-6-8-18(12)14/h5-8H,2,4,9-10H2,1,3H3. The van der Waals surface area contributed by atoms with Crippen molar-refractivity contribution in [2.45, 2.75) is 19.0 Å². The first kappa shape index (κ1) is 14.6. The second-order valence-corrected chi connectivity index (χ2v) is 5.51. The molecule has 1 amide bonds. The summed E-state index contributed by atoms with van der Waals surface area (Å²) in [6.45, 7) is 9.04. The fraction of sp³-hybridized carbons (Fsp3) is 0.357. The van der Waals surface area contributed by atoms with Gasteiger partial charge in [0.25, 0.3) is 0 Å². The Bertz CT molecular complexity index is 622. The number of carbonyl (C=O) groups is 1. The highest BCUT2D eigenvalue weighted by molar-refractivity contribution is 7.99. The molecule has 0 saturated heterocycles. The third-order valence-corrected chi connectivity index (χ3v) is 3.73. The van der Waals surface area contributed by atoms with Crippen LogP contribution >= 0.6 is 11.8 Å². The number of fused-ring (bicyclic) bond motifs is 1. The van der Waals surface area contributed by atoms with Crippen molar-refractivity contribution in [3.8, 4) is 0 Å².